The van der Waals surface area contributed by atoms with Crippen LogP contribution in [0.4, 0.5) is 0 Å². The van der Waals surface area contributed by atoms with E-state index in [-0.39, 0.29) is 5.97 Å². The monoisotopic (exact) mass is 459 g/mol. The van der Waals surface area contributed by atoms with Crippen LogP contribution in [0.3, 0.4) is 0 Å². The number of methoxy groups -OCH3 is 2. The van der Waals surface area contributed by atoms with Gasteiger partial charge in [0.1, 0.15) is 5.69 Å². The summed E-state index contributed by atoms with van der Waals surface area (Å²) in [5.41, 5.74) is 1.59. The van der Waals surface area contributed by atoms with Crippen LogP contribution in [0.5, 0.6) is 11.5 Å². The smallest absolute Gasteiger partial charge is 0.355 e. The van der Waals surface area contributed by atoms with Gasteiger partial charge in [-0.05, 0) is 69.0 Å². The maximum atomic E-state index is 12.1. The van der Waals surface area contributed by atoms with Crippen LogP contribution in [-0.2, 0) is 17.7 Å². The van der Waals surface area contributed by atoms with Crippen molar-refractivity contribution in [1.29, 1.82) is 0 Å². The summed E-state index contributed by atoms with van der Waals surface area (Å²) in [5, 5.41) is 0. The highest BCUT2D eigenvalue weighted by Gasteiger charge is 2.18. The molecule has 130 valence electrons. The van der Waals surface area contributed by atoms with E-state index < -0.39 is 0 Å². The molecule has 24 heavy (non-hydrogen) atoms. The Balaban J connectivity index is 2.21. The Labute approximate surface area is 158 Å². The number of hydrogen-bond acceptors (Lipinski definition) is 4. The van der Waals surface area contributed by atoms with Gasteiger partial charge in [0.2, 0.25) is 0 Å². The van der Waals surface area contributed by atoms with E-state index in [4.69, 9.17) is 14.2 Å². The lowest BCUT2D eigenvalue weighted by atomic mass is 10.1. The molecule has 1 heterocycles. The molecule has 5 nitrogen and oxygen atoms in total. The van der Waals surface area contributed by atoms with Crippen LogP contribution in [0.25, 0.3) is 0 Å². The summed E-state index contributed by atoms with van der Waals surface area (Å²) in [7, 11) is 3.22. The van der Waals surface area contributed by atoms with Gasteiger partial charge in [-0.3, -0.25) is 0 Å². The lowest BCUT2D eigenvalue weighted by Gasteiger charge is -2.12. The van der Waals surface area contributed by atoms with Gasteiger partial charge in [0, 0.05) is 6.54 Å². The zero-order valence-electron chi connectivity index (χ0n) is 13.8. The number of carbonyl (C=O) groups excluding carboxylic acids is 1. The van der Waals surface area contributed by atoms with Crippen LogP contribution in [0.2, 0.25) is 0 Å². The molecular weight excluding hydrogens is 442 g/mol. The Morgan fingerprint density at radius 1 is 1.12 bits per heavy atom. The van der Waals surface area contributed by atoms with E-state index >= 15 is 0 Å². The Morgan fingerprint density at radius 3 is 2.46 bits per heavy atom. The van der Waals surface area contributed by atoms with E-state index in [0.29, 0.717) is 30.3 Å². The van der Waals surface area contributed by atoms with Gasteiger partial charge in [-0.1, -0.05) is 6.07 Å². The van der Waals surface area contributed by atoms with Crippen LogP contribution < -0.4 is 9.47 Å². The summed E-state index contributed by atoms with van der Waals surface area (Å²) in [4.78, 5) is 12.1. The first-order valence-corrected chi connectivity index (χ1v) is 9.03. The molecule has 2 rings (SSSR count). The third kappa shape index (κ3) is 4.13. The molecule has 1 aromatic carbocycles. The van der Waals surface area contributed by atoms with E-state index in [1.165, 1.54) is 0 Å². The molecule has 0 amide bonds. The van der Waals surface area contributed by atoms with Crippen molar-refractivity contribution in [3.05, 3.63) is 44.6 Å². The predicted octanol–water partition coefficient (Wildman–Crippen LogP) is 4.45. The summed E-state index contributed by atoms with van der Waals surface area (Å²) in [5.74, 6) is 1.04. The fraction of sp³-hybridized carbons (Fsp3) is 0.353. The number of esters is 1. The molecule has 0 spiro atoms. The zero-order chi connectivity index (χ0) is 17.7. The molecule has 0 fully saturated rings. The number of benzene rings is 1. The average molecular weight is 461 g/mol. The summed E-state index contributed by atoms with van der Waals surface area (Å²) in [6.45, 7) is 2.75. The second kappa shape index (κ2) is 8.58. The van der Waals surface area contributed by atoms with E-state index in [2.05, 4.69) is 31.9 Å². The summed E-state index contributed by atoms with van der Waals surface area (Å²) in [6.07, 6.45) is 0.729. The van der Waals surface area contributed by atoms with Gasteiger partial charge in [0.05, 0.1) is 29.9 Å². The summed E-state index contributed by atoms with van der Waals surface area (Å²) in [6, 6.07) is 7.56. The lowest BCUT2D eigenvalue weighted by Crippen LogP contribution is -2.13. The van der Waals surface area contributed by atoms with Crippen molar-refractivity contribution in [1.82, 2.24) is 4.57 Å². The van der Waals surface area contributed by atoms with Crippen LogP contribution in [0, 0.1) is 0 Å². The van der Waals surface area contributed by atoms with Crippen molar-refractivity contribution < 1.29 is 19.0 Å². The van der Waals surface area contributed by atoms with Gasteiger partial charge in [0.25, 0.3) is 0 Å². The SMILES string of the molecule is CCOC(=O)c1cc(Br)c(Br)n1CCc1ccc(OC)c(OC)c1. The third-order valence-electron chi connectivity index (χ3n) is 3.54. The maximum Gasteiger partial charge on any atom is 0.355 e. The minimum atomic E-state index is -0.337. The van der Waals surface area contributed by atoms with Crippen LogP contribution >= 0.6 is 31.9 Å². The maximum absolute atomic E-state index is 12.1. The molecule has 0 aliphatic rings. The van der Waals surface area contributed by atoms with Crippen LogP contribution in [-0.4, -0.2) is 31.4 Å². The van der Waals surface area contributed by atoms with Gasteiger partial charge in [-0.25, -0.2) is 4.79 Å². The molecule has 0 saturated heterocycles. The quantitative estimate of drug-likeness (QED) is 0.572. The fourth-order valence-electron chi connectivity index (χ4n) is 2.36. The van der Waals surface area contributed by atoms with Crippen molar-refractivity contribution in [2.75, 3.05) is 20.8 Å². The molecular formula is C17H19Br2NO4. The highest BCUT2D eigenvalue weighted by molar-refractivity contribution is 9.13. The number of aromatic nitrogens is 1. The largest absolute Gasteiger partial charge is 0.493 e. The minimum Gasteiger partial charge on any atom is -0.493 e. The van der Waals surface area contributed by atoms with Crippen LogP contribution in [0.15, 0.2) is 33.3 Å². The van der Waals surface area contributed by atoms with E-state index in [0.717, 1.165) is 21.1 Å². The van der Waals surface area contributed by atoms with Gasteiger partial charge in [-0.15, -0.1) is 0 Å². The average Bonchev–Trinajstić information content (AvgIpc) is 2.88. The minimum absolute atomic E-state index is 0.337. The normalized spacial score (nSPS) is 10.5. The number of nitrogens with zero attached hydrogens (tertiary/aromatic N) is 1. The van der Waals surface area contributed by atoms with Crippen molar-refractivity contribution in [2.45, 2.75) is 19.9 Å². The number of halogens is 2. The summed E-state index contributed by atoms with van der Waals surface area (Å²) < 4.78 is 19.2. The van der Waals surface area contributed by atoms with Crippen molar-refractivity contribution >= 4 is 37.8 Å². The summed E-state index contributed by atoms with van der Waals surface area (Å²) >= 11 is 6.95. The molecule has 0 radical (unpaired) electrons. The Morgan fingerprint density at radius 2 is 1.83 bits per heavy atom. The molecule has 1 aromatic heterocycles. The number of aryl methyl sites for hydroxylation is 1. The second-order valence-electron chi connectivity index (χ2n) is 4.98. The van der Waals surface area contributed by atoms with Crippen LogP contribution in [0.1, 0.15) is 23.0 Å². The Hall–Kier alpha value is -1.47. The highest BCUT2D eigenvalue weighted by Crippen LogP contribution is 2.30. The third-order valence-corrected chi connectivity index (χ3v) is 5.54. The van der Waals surface area contributed by atoms with E-state index in [1.54, 1.807) is 27.2 Å². The predicted molar refractivity (Wildman–Crippen MR) is 99.0 cm³/mol. The van der Waals surface area contributed by atoms with Crippen molar-refractivity contribution in [3.63, 3.8) is 0 Å². The molecule has 0 aliphatic heterocycles. The van der Waals surface area contributed by atoms with Gasteiger partial charge in [0.15, 0.2) is 11.5 Å². The van der Waals surface area contributed by atoms with Gasteiger partial charge >= 0.3 is 5.97 Å². The molecule has 0 bridgehead atoms. The van der Waals surface area contributed by atoms with Crippen molar-refractivity contribution in [2.24, 2.45) is 0 Å². The van der Waals surface area contributed by atoms with E-state index in [1.807, 2.05) is 22.8 Å². The Bertz CT molecular complexity index is 728. The molecule has 0 unspecified atom stereocenters. The molecule has 7 heteroatoms. The fourth-order valence-corrected chi connectivity index (χ4v) is 3.28. The first-order chi connectivity index (χ1) is 11.5. The Kier molecular flexibility index (Phi) is 6.74. The standard InChI is InChI=1S/C17H19Br2NO4/c1-4-24-17(21)13-10-12(18)16(19)20(13)8-7-11-5-6-14(22-2)15(9-11)23-3/h5-6,9-10H,4,7-8H2,1-3H3. The number of carbonyl (C=O) groups is 1. The zero-order valence-corrected chi connectivity index (χ0v) is 16.9. The van der Waals surface area contributed by atoms with E-state index in [9.17, 15) is 4.79 Å². The highest BCUT2D eigenvalue weighted by atomic mass is 79.9. The van der Waals surface area contributed by atoms with Gasteiger partial charge in [-0.2, -0.15) is 0 Å². The molecule has 0 atom stereocenters. The van der Waals surface area contributed by atoms with Gasteiger partial charge < -0.3 is 18.8 Å². The lowest BCUT2D eigenvalue weighted by molar-refractivity contribution is 0.0513. The molecule has 0 aliphatic carbocycles. The molecule has 0 N–H and O–H groups in total. The molecule has 0 saturated carbocycles. The topological polar surface area (TPSA) is 49.7 Å². The van der Waals surface area contributed by atoms with Crippen molar-refractivity contribution in [3.8, 4) is 11.5 Å². The number of hydrogen-bond donors (Lipinski definition) is 0. The number of ether oxygens (including phenoxy) is 3. The first kappa shape index (κ1) is 18.9. The first-order valence-electron chi connectivity index (χ1n) is 7.44. The molecule has 2 aromatic rings. The number of rotatable bonds is 7. The second-order valence-corrected chi connectivity index (χ2v) is 6.59.